The van der Waals surface area contributed by atoms with Gasteiger partial charge in [-0.25, -0.2) is 0 Å². The van der Waals surface area contributed by atoms with E-state index in [1.165, 1.54) is 47.4 Å². The number of amides is 1. The number of anilines is 1. The minimum Gasteiger partial charge on any atom is -0.268 e. The Morgan fingerprint density at radius 1 is 1.04 bits per heavy atom. The number of thioether (sulfide) groups is 1. The van der Waals surface area contributed by atoms with Crippen LogP contribution in [0.2, 0.25) is 10.0 Å². The number of nitro benzene ring substituents is 2. The molecule has 0 bridgehead atoms. The van der Waals surface area contributed by atoms with E-state index in [4.69, 9.17) is 35.4 Å². The van der Waals surface area contributed by atoms with E-state index in [-0.39, 0.29) is 36.2 Å². The summed E-state index contributed by atoms with van der Waals surface area (Å²) >= 11 is 18.3. The van der Waals surface area contributed by atoms with Crippen LogP contribution in [0.5, 0.6) is 0 Å². The van der Waals surface area contributed by atoms with Gasteiger partial charge in [-0.3, -0.25) is 29.9 Å². The molecule has 0 N–H and O–H groups in total. The van der Waals surface area contributed by atoms with E-state index in [2.05, 4.69) is 0 Å². The van der Waals surface area contributed by atoms with Crippen LogP contribution in [-0.4, -0.2) is 20.1 Å². The molecule has 0 unspecified atom stereocenters. The van der Waals surface area contributed by atoms with Crippen LogP contribution in [0.25, 0.3) is 6.08 Å². The van der Waals surface area contributed by atoms with Gasteiger partial charge in [0.15, 0.2) is 4.32 Å². The number of nitrogens with zero attached hydrogens (tertiary/aromatic N) is 3. The van der Waals surface area contributed by atoms with Crippen LogP contribution in [-0.2, 0) is 4.79 Å². The fourth-order valence-corrected chi connectivity index (χ4v) is 4.21. The average Bonchev–Trinajstić information content (AvgIpc) is 2.91. The van der Waals surface area contributed by atoms with Crippen LogP contribution >= 0.6 is 47.2 Å². The molecule has 12 heteroatoms. The van der Waals surface area contributed by atoms with Gasteiger partial charge in [0.2, 0.25) is 0 Å². The standard InChI is InChI=1S/C16H7Cl2N3O5S2/c17-11-5-6-12(21(25)26)14(18)10(11)7-13-15(22)19(16(27)28-13)8-1-3-9(4-2-8)20(23)24/h1-7H/b13-7+. The van der Waals surface area contributed by atoms with Crippen LogP contribution < -0.4 is 4.90 Å². The van der Waals surface area contributed by atoms with E-state index in [1.54, 1.807) is 0 Å². The van der Waals surface area contributed by atoms with Gasteiger partial charge in [-0.1, -0.05) is 47.2 Å². The van der Waals surface area contributed by atoms with Crippen molar-refractivity contribution >= 4 is 80.5 Å². The molecule has 1 fully saturated rings. The molecule has 0 spiro atoms. The van der Waals surface area contributed by atoms with E-state index in [1.807, 2.05) is 0 Å². The maximum absolute atomic E-state index is 12.8. The zero-order chi connectivity index (χ0) is 20.6. The van der Waals surface area contributed by atoms with Crippen molar-refractivity contribution in [2.45, 2.75) is 0 Å². The molecular weight excluding hydrogens is 449 g/mol. The van der Waals surface area contributed by atoms with Crippen LogP contribution in [0.1, 0.15) is 5.56 Å². The Balaban J connectivity index is 1.99. The number of hydrogen-bond donors (Lipinski definition) is 0. The predicted molar refractivity (Wildman–Crippen MR) is 112 cm³/mol. The normalized spacial score (nSPS) is 15.4. The number of benzene rings is 2. The van der Waals surface area contributed by atoms with Gasteiger partial charge in [-0.2, -0.15) is 0 Å². The van der Waals surface area contributed by atoms with Gasteiger partial charge in [0, 0.05) is 28.8 Å². The van der Waals surface area contributed by atoms with Crippen LogP contribution in [0.15, 0.2) is 41.3 Å². The highest BCUT2D eigenvalue weighted by molar-refractivity contribution is 8.27. The fraction of sp³-hybridized carbons (Fsp3) is 0. The molecule has 1 saturated heterocycles. The van der Waals surface area contributed by atoms with Crippen LogP contribution in [0, 0.1) is 20.2 Å². The molecule has 2 aromatic rings. The Morgan fingerprint density at radius 2 is 1.68 bits per heavy atom. The van der Waals surface area contributed by atoms with Crippen molar-refractivity contribution in [1.82, 2.24) is 0 Å². The summed E-state index contributed by atoms with van der Waals surface area (Å²) in [5.74, 6) is -0.498. The summed E-state index contributed by atoms with van der Waals surface area (Å²) in [6.07, 6.45) is 1.34. The third-order valence-electron chi connectivity index (χ3n) is 3.69. The minimum absolute atomic E-state index is 0.125. The number of nitro groups is 2. The number of hydrogen-bond acceptors (Lipinski definition) is 7. The highest BCUT2D eigenvalue weighted by Gasteiger charge is 2.34. The molecule has 0 radical (unpaired) electrons. The van der Waals surface area contributed by atoms with Gasteiger partial charge >= 0.3 is 0 Å². The maximum Gasteiger partial charge on any atom is 0.288 e. The molecule has 1 amide bonds. The molecule has 0 atom stereocenters. The van der Waals surface area contributed by atoms with Gasteiger partial charge in [0.05, 0.1) is 20.4 Å². The SMILES string of the molecule is O=C1/C(=C\c2c(Cl)ccc([N+](=O)[O-])c2Cl)SC(=S)N1c1ccc([N+](=O)[O-])cc1. The van der Waals surface area contributed by atoms with Crippen molar-refractivity contribution in [3.8, 4) is 0 Å². The summed E-state index contributed by atoms with van der Waals surface area (Å²) in [7, 11) is 0. The Hall–Kier alpha value is -2.53. The topological polar surface area (TPSA) is 107 Å². The highest BCUT2D eigenvalue weighted by atomic mass is 35.5. The number of halogens is 2. The number of carbonyl (C=O) groups is 1. The number of non-ortho nitro benzene ring substituents is 1. The predicted octanol–water partition coefficient (Wildman–Crippen LogP) is 5.22. The second kappa shape index (κ2) is 7.84. The van der Waals surface area contributed by atoms with Crippen molar-refractivity contribution in [3.05, 3.63) is 77.1 Å². The van der Waals surface area contributed by atoms with E-state index in [9.17, 15) is 25.0 Å². The van der Waals surface area contributed by atoms with Gasteiger partial charge in [-0.05, 0) is 24.3 Å². The maximum atomic E-state index is 12.8. The molecular formula is C16H7Cl2N3O5S2. The Bertz CT molecular complexity index is 1070. The number of rotatable bonds is 4. The summed E-state index contributed by atoms with van der Waals surface area (Å²) in [6, 6.07) is 7.80. The number of carbonyl (C=O) groups excluding carboxylic acids is 1. The Kier molecular flexibility index (Phi) is 5.66. The monoisotopic (exact) mass is 455 g/mol. The smallest absolute Gasteiger partial charge is 0.268 e. The van der Waals surface area contributed by atoms with E-state index < -0.39 is 15.8 Å². The van der Waals surface area contributed by atoms with Gasteiger partial charge in [-0.15, -0.1) is 0 Å². The first kappa shape index (κ1) is 20.2. The summed E-state index contributed by atoms with van der Waals surface area (Å²) in [6.45, 7) is 0. The second-order valence-electron chi connectivity index (χ2n) is 5.34. The summed E-state index contributed by atoms with van der Waals surface area (Å²) < 4.78 is 0.197. The van der Waals surface area contributed by atoms with Crippen LogP contribution in [0.4, 0.5) is 17.1 Å². The van der Waals surface area contributed by atoms with Gasteiger partial charge in [0.1, 0.15) is 5.02 Å². The Morgan fingerprint density at radius 3 is 2.25 bits per heavy atom. The molecule has 0 aromatic heterocycles. The summed E-state index contributed by atoms with van der Waals surface area (Å²) in [5.41, 5.74) is 0.0116. The highest BCUT2D eigenvalue weighted by Crippen LogP contribution is 2.40. The van der Waals surface area contributed by atoms with Gasteiger partial charge < -0.3 is 0 Å². The molecule has 0 saturated carbocycles. The zero-order valence-electron chi connectivity index (χ0n) is 13.5. The minimum atomic E-state index is -0.655. The van der Waals surface area contributed by atoms with Crippen LogP contribution in [0.3, 0.4) is 0 Å². The quantitative estimate of drug-likeness (QED) is 0.269. The van der Waals surface area contributed by atoms with E-state index in [0.29, 0.717) is 5.69 Å². The molecule has 8 nitrogen and oxygen atoms in total. The van der Waals surface area contributed by atoms with Gasteiger partial charge in [0.25, 0.3) is 17.3 Å². The second-order valence-corrected chi connectivity index (χ2v) is 7.80. The van der Waals surface area contributed by atoms with E-state index >= 15 is 0 Å². The lowest BCUT2D eigenvalue weighted by Gasteiger charge is -2.14. The summed E-state index contributed by atoms with van der Waals surface area (Å²) in [4.78, 5) is 34.8. The molecule has 1 aliphatic heterocycles. The average molecular weight is 456 g/mol. The molecule has 0 aliphatic carbocycles. The first-order valence-corrected chi connectivity index (χ1v) is 9.33. The lowest BCUT2D eigenvalue weighted by Crippen LogP contribution is -2.27. The van der Waals surface area contributed by atoms with Crippen molar-refractivity contribution < 1.29 is 14.6 Å². The van der Waals surface area contributed by atoms with Crippen molar-refractivity contribution in [2.24, 2.45) is 0 Å². The van der Waals surface area contributed by atoms with Crippen molar-refractivity contribution in [2.75, 3.05) is 4.90 Å². The Labute approximate surface area is 177 Å². The molecule has 2 aromatic carbocycles. The molecule has 1 heterocycles. The third kappa shape index (κ3) is 3.72. The molecule has 142 valence electrons. The molecule has 28 heavy (non-hydrogen) atoms. The first-order valence-electron chi connectivity index (χ1n) is 7.35. The third-order valence-corrected chi connectivity index (χ3v) is 5.72. The lowest BCUT2D eigenvalue weighted by atomic mass is 10.1. The number of thiocarbonyl (C=S) groups is 1. The fourth-order valence-electron chi connectivity index (χ4n) is 2.38. The molecule has 3 rings (SSSR count). The molecule has 1 aliphatic rings. The lowest BCUT2D eigenvalue weighted by molar-refractivity contribution is -0.385. The van der Waals surface area contributed by atoms with Crippen molar-refractivity contribution in [3.63, 3.8) is 0 Å². The van der Waals surface area contributed by atoms with Crippen molar-refractivity contribution in [1.29, 1.82) is 0 Å². The van der Waals surface area contributed by atoms with E-state index in [0.717, 1.165) is 11.8 Å². The largest absolute Gasteiger partial charge is 0.288 e. The summed E-state index contributed by atoms with van der Waals surface area (Å²) in [5, 5.41) is 21.8. The first-order chi connectivity index (χ1) is 13.2. The zero-order valence-corrected chi connectivity index (χ0v) is 16.6.